The van der Waals surface area contributed by atoms with Crippen LogP contribution in [0.1, 0.15) is 24.5 Å². The van der Waals surface area contributed by atoms with Gasteiger partial charge in [0.1, 0.15) is 5.82 Å². The molecular formula is C13H16FN. The maximum absolute atomic E-state index is 13.0. The Hall–Kier alpha value is -1.33. The van der Waals surface area contributed by atoms with Crippen molar-refractivity contribution in [3.8, 4) is 12.3 Å². The molecule has 0 aliphatic carbocycles. The largest absolute Gasteiger partial charge is 0.309 e. The van der Waals surface area contributed by atoms with Crippen LogP contribution in [0.25, 0.3) is 0 Å². The van der Waals surface area contributed by atoms with Gasteiger partial charge in [-0.3, -0.25) is 0 Å². The van der Waals surface area contributed by atoms with Crippen LogP contribution in [-0.4, -0.2) is 6.04 Å². The van der Waals surface area contributed by atoms with E-state index in [1.807, 2.05) is 13.0 Å². The van der Waals surface area contributed by atoms with E-state index in [1.165, 1.54) is 6.07 Å². The quantitative estimate of drug-likeness (QED) is 0.745. The molecule has 1 atom stereocenters. The first-order valence-corrected chi connectivity index (χ1v) is 5.05. The minimum Gasteiger partial charge on any atom is -0.309 e. The first-order valence-electron chi connectivity index (χ1n) is 5.05. The highest BCUT2D eigenvalue weighted by Crippen LogP contribution is 2.09. The third-order valence-electron chi connectivity index (χ3n) is 2.30. The Bertz CT molecular complexity index is 365. The van der Waals surface area contributed by atoms with Crippen LogP contribution in [0.5, 0.6) is 0 Å². The summed E-state index contributed by atoms with van der Waals surface area (Å²) in [5.41, 5.74) is 1.76. The van der Waals surface area contributed by atoms with Crippen LogP contribution >= 0.6 is 0 Å². The van der Waals surface area contributed by atoms with Crippen molar-refractivity contribution < 1.29 is 4.39 Å². The number of terminal acetylenes is 1. The van der Waals surface area contributed by atoms with Gasteiger partial charge in [-0.1, -0.05) is 12.1 Å². The van der Waals surface area contributed by atoms with Gasteiger partial charge >= 0.3 is 0 Å². The molecule has 1 rings (SSSR count). The van der Waals surface area contributed by atoms with Gasteiger partial charge in [-0.25, -0.2) is 4.39 Å². The Balaban J connectivity index is 2.51. The normalized spacial score (nSPS) is 12.1. The van der Waals surface area contributed by atoms with Crippen molar-refractivity contribution in [1.82, 2.24) is 5.32 Å². The SMILES string of the molecule is C#CCC(C)NCc1ccc(F)c(C)c1. The number of aryl methyl sites for hydroxylation is 1. The van der Waals surface area contributed by atoms with Gasteiger partial charge in [0.2, 0.25) is 0 Å². The third kappa shape index (κ3) is 3.73. The molecule has 1 nitrogen and oxygen atoms in total. The minimum atomic E-state index is -0.157. The molecule has 0 fully saturated rings. The summed E-state index contributed by atoms with van der Waals surface area (Å²) in [5.74, 6) is 2.44. The number of halogens is 1. The van der Waals surface area contributed by atoms with Gasteiger partial charge in [0.05, 0.1) is 0 Å². The van der Waals surface area contributed by atoms with Gasteiger partial charge in [0.25, 0.3) is 0 Å². The Labute approximate surface area is 90.7 Å². The molecule has 0 heterocycles. The monoisotopic (exact) mass is 205 g/mol. The molecule has 0 saturated heterocycles. The van der Waals surface area contributed by atoms with E-state index < -0.39 is 0 Å². The summed E-state index contributed by atoms with van der Waals surface area (Å²) in [6.07, 6.45) is 5.91. The topological polar surface area (TPSA) is 12.0 Å². The molecule has 0 amide bonds. The second-order valence-electron chi connectivity index (χ2n) is 3.77. The fraction of sp³-hybridized carbons (Fsp3) is 0.385. The first kappa shape index (κ1) is 11.7. The van der Waals surface area contributed by atoms with E-state index in [2.05, 4.69) is 11.2 Å². The zero-order valence-electron chi connectivity index (χ0n) is 9.18. The van der Waals surface area contributed by atoms with Crippen LogP contribution in [0.3, 0.4) is 0 Å². The third-order valence-corrected chi connectivity index (χ3v) is 2.30. The first-order chi connectivity index (χ1) is 7.13. The van der Waals surface area contributed by atoms with E-state index in [0.29, 0.717) is 18.0 Å². The van der Waals surface area contributed by atoms with Crippen molar-refractivity contribution in [3.63, 3.8) is 0 Å². The molecule has 1 aromatic rings. The zero-order valence-corrected chi connectivity index (χ0v) is 9.18. The van der Waals surface area contributed by atoms with Crippen molar-refractivity contribution >= 4 is 0 Å². The number of hydrogen-bond acceptors (Lipinski definition) is 1. The summed E-state index contributed by atoms with van der Waals surface area (Å²) < 4.78 is 13.0. The molecule has 0 aromatic heterocycles. The molecule has 2 heteroatoms. The summed E-state index contributed by atoms with van der Waals surface area (Å²) in [6.45, 7) is 4.53. The Morgan fingerprint density at radius 2 is 2.27 bits per heavy atom. The van der Waals surface area contributed by atoms with Crippen LogP contribution in [0.15, 0.2) is 18.2 Å². The van der Waals surface area contributed by atoms with Crippen LogP contribution < -0.4 is 5.32 Å². The lowest BCUT2D eigenvalue weighted by atomic mass is 10.1. The number of hydrogen-bond donors (Lipinski definition) is 1. The van der Waals surface area contributed by atoms with E-state index >= 15 is 0 Å². The second kappa shape index (κ2) is 5.53. The van der Waals surface area contributed by atoms with Gasteiger partial charge in [0, 0.05) is 19.0 Å². The number of benzene rings is 1. The van der Waals surface area contributed by atoms with Crippen LogP contribution in [0.2, 0.25) is 0 Å². The highest BCUT2D eigenvalue weighted by atomic mass is 19.1. The summed E-state index contributed by atoms with van der Waals surface area (Å²) in [6, 6.07) is 5.43. The Morgan fingerprint density at radius 3 is 2.87 bits per heavy atom. The number of nitrogens with one attached hydrogen (secondary N) is 1. The van der Waals surface area contributed by atoms with Crippen LogP contribution in [0, 0.1) is 25.1 Å². The predicted octanol–water partition coefficient (Wildman–Crippen LogP) is 2.64. The van der Waals surface area contributed by atoms with E-state index in [0.717, 1.165) is 12.1 Å². The van der Waals surface area contributed by atoms with Gasteiger partial charge in [-0.2, -0.15) is 0 Å². The van der Waals surface area contributed by atoms with Crippen molar-refractivity contribution in [3.05, 3.63) is 35.1 Å². The highest BCUT2D eigenvalue weighted by Gasteiger charge is 2.01. The molecule has 0 spiro atoms. The number of rotatable bonds is 4. The molecule has 15 heavy (non-hydrogen) atoms. The lowest BCUT2D eigenvalue weighted by molar-refractivity contribution is 0.557. The lowest BCUT2D eigenvalue weighted by Gasteiger charge is -2.11. The average molecular weight is 205 g/mol. The zero-order chi connectivity index (χ0) is 11.3. The van der Waals surface area contributed by atoms with Crippen molar-refractivity contribution in [2.45, 2.75) is 32.9 Å². The highest BCUT2D eigenvalue weighted by molar-refractivity contribution is 5.23. The smallest absolute Gasteiger partial charge is 0.126 e. The van der Waals surface area contributed by atoms with E-state index in [4.69, 9.17) is 6.42 Å². The van der Waals surface area contributed by atoms with Gasteiger partial charge in [-0.15, -0.1) is 12.3 Å². The molecule has 0 saturated carbocycles. The average Bonchev–Trinajstić information content (AvgIpc) is 2.20. The van der Waals surface area contributed by atoms with Crippen molar-refractivity contribution in [2.75, 3.05) is 0 Å². The maximum Gasteiger partial charge on any atom is 0.126 e. The van der Waals surface area contributed by atoms with Gasteiger partial charge < -0.3 is 5.32 Å². The Kier molecular flexibility index (Phi) is 4.33. The summed E-state index contributed by atoms with van der Waals surface area (Å²) in [5, 5.41) is 3.28. The lowest BCUT2D eigenvalue weighted by Crippen LogP contribution is -2.24. The summed E-state index contributed by atoms with van der Waals surface area (Å²) in [7, 11) is 0. The maximum atomic E-state index is 13.0. The molecule has 0 aliphatic rings. The van der Waals surface area contributed by atoms with E-state index in [1.54, 1.807) is 13.0 Å². The van der Waals surface area contributed by atoms with Crippen LogP contribution in [0.4, 0.5) is 4.39 Å². The summed E-state index contributed by atoms with van der Waals surface area (Å²) in [4.78, 5) is 0. The molecule has 1 aromatic carbocycles. The van der Waals surface area contributed by atoms with E-state index in [-0.39, 0.29) is 5.82 Å². The van der Waals surface area contributed by atoms with Gasteiger partial charge in [-0.05, 0) is 31.0 Å². The minimum absolute atomic E-state index is 0.157. The molecule has 1 N–H and O–H groups in total. The standard InChI is InChI=1S/C13H16FN/c1-4-5-11(3)15-9-12-6-7-13(14)10(2)8-12/h1,6-8,11,15H,5,9H2,2-3H3. The van der Waals surface area contributed by atoms with Gasteiger partial charge in [0.15, 0.2) is 0 Å². The molecule has 0 radical (unpaired) electrons. The molecular weight excluding hydrogens is 189 g/mol. The van der Waals surface area contributed by atoms with Crippen molar-refractivity contribution in [2.24, 2.45) is 0 Å². The fourth-order valence-electron chi connectivity index (χ4n) is 1.36. The Morgan fingerprint density at radius 1 is 1.53 bits per heavy atom. The van der Waals surface area contributed by atoms with Crippen LogP contribution in [-0.2, 0) is 6.54 Å². The van der Waals surface area contributed by atoms with Crippen molar-refractivity contribution in [1.29, 1.82) is 0 Å². The fourth-order valence-corrected chi connectivity index (χ4v) is 1.36. The molecule has 0 aliphatic heterocycles. The molecule has 80 valence electrons. The predicted molar refractivity (Wildman–Crippen MR) is 60.9 cm³/mol. The molecule has 0 bridgehead atoms. The second-order valence-corrected chi connectivity index (χ2v) is 3.77. The molecule has 1 unspecified atom stereocenters. The summed E-state index contributed by atoms with van der Waals surface area (Å²) >= 11 is 0. The van der Waals surface area contributed by atoms with E-state index in [9.17, 15) is 4.39 Å².